The summed E-state index contributed by atoms with van der Waals surface area (Å²) >= 11 is 1.39. The molecule has 0 aromatic carbocycles. The molecular weight excluding hydrogens is 521 g/mol. The van der Waals surface area contributed by atoms with Crippen molar-refractivity contribution < 1.29 is 13.9 Å². The van der Waals surface area contributed by atoms with E-state index in [0.29, 0.717) is 40.5 Å². The Morgan fingerprint density at radius 2 is 1.97 bits per heavy atom. The molecule has 0 radical (unpaired) electrons. The molecule has 0 unspecified atom stereocenters. The summed E-state index contributed by atoms with van der Waals surface area (Å²) in [6.45, 7) is 12.0. The highest BCUT2D eigenvalue weighted by atomic mass is 32.2. The van der Waals surface area contributed by atoms with Crippen LogP contribution in [0.5, 0.6) is 0 Å². The molecule has 0 aliphatic heterocycles. The summed E-state index contributed by atoms with van der Waals surface area (Å²) in [6.07, 6.45) is 7.36. The van der Waals surface area contributed by atoms with Crippen molar-refractivity contribution in [3.8, 4) is 5.82 Å². The van der Waals surface area contributed by atoms with Gasteiger partial charge in [0.2, 0.25) is 0 Å². The second-order valence-corrected chi connectivity index (χ2v) is 14.9. The number of fused-ring (bicyclic) bond motifs is 1. The van der Waals surface area contributed by atoms with Crippen LogP contribution in [0.1, 0.15) is 46.2 Å². The predicted molar refractivity (Wildman–Crippen MR) is 154 cm³/mol. The lowest BCUT2D eigenvalue weighted by molar-refractivity contribution is 0.0597. The van der Waals surface area contributed by atoms with Gasteiger partial charge in [-0.05, 0) is 56.3 Å². The number of aliphatic hydroxyl groups is 1. The van der Waals surface area contributed by atoms with Crippen LogP contribution in [0.3, 0.4) is 0 Å². The number of halogens is 1. The maximum absolute atomic E-state index is 13.8. The zero-order valence-corrected chi connectivity index (χ0v) is 24.7. The van der Waals surface area contributed by atoms with E-state index in [2.05, 4.69) is 37.3 Å². The maximum Gasteiger partial charge on any atom is 0.278 e. The first-order valence-corrected chi connectivity index (χ1v) is 16.7. The van der Waals surface area contributed by atoms with E-state index >= 15 is 0 Å². The minimum Gasteiger partial charge on any atom is -0.406 e. The second kappa shape index (κ2) is 13.0. The molecule has 0 aliphatic carbocycles. The van der Waals surface area contributed by atoms with Crippen molar-refractivity contribution in [1.29, 1.82) is 0 Å². The number of aromatic nitrogens is 5. The predicted octanol–water partition coefficient (Wildman–Crippen LogP) is 5.75. The van der Waals surface area contributed by atoms with Gasteiger partial charge in [0.25, 0.3) is 5.56 Å². The van der Waals surface area contributed by atoms with Crippen molar-refractivity contribution >= 4 is 31.1 Å². The molecule has 3 aromatic heterocycles. The molecule has 8 nitrogen and oxygen atoms in total. The number of nitrogens with zero attached hydrogens (tertiary/aromatic N) is 5. The number of hydrogen-bond acceptors (Lipinski definition) is 7. The Hall–Kier alpha value is -2.60. The highest BCUT2D eigenvalue weighted by Gasteiger charge is 2.40. The summed E-state index contributed by atoms with van der Waals surface area (Å²) in [6, 6.07) is 8.49. The first-order valence-electron chi connectivity index (χ1n) is 13.0. The molecule has 1 atom stereocenters. The minimum atomic E-state index is -2.10. The smallest absolute Gasteiger partial charge is 0.278 e. The number of rotatable bonds is 14. The standard InChI is InChI=1S/C27H38FN5O3SSi/c1-7-17-32-25(35)21-18-29-26(37-6)31-24(21)33(32)23-15-11-14-22(30-23)27(5,16-12-13-20(28)19-34)36-38(8-2,9-3)10-4/h7,11,13-15,18,34H,1,8-10,12,16-17,19H2,2-6H3/b20-13-/t27-/m1/s1. The molecular formula is C27H38FN5O3SSi. The van der Waals surface area contributed by atoms with Crippen molar-refractivity contribution in [2.24, 2.45) is 0 Å². The molecule has 3 rings (SSSR count). The van der Waals surface area contributed by atoms with Gasteiger partial charge in [-0.15, -0.1) is 6.58 Å². The Balaban J connectivity index is 2.21. The van der Waals surface area contributed by atoms with Crippen molar-refractivity contribution in [3.05, 3.63) is 65.0 Å². The lowest BCUT2D eigenvalue weighted by Gasteiger charge is -2.40. The number of aliphatic hydroxyl groups excluding tert-OH is 1. The summed E-state index contributed by atoms with van der Waals surface area (Å²) < 4.78 is 24.0. The van der Waals surface area contributed by atoms with Gasteiger partial charge in [-0.3, -0.25) is 4.79 Å². The molecule has 0 saturated heterocycles. The minimum absolute atomic E-state index is 0.224. The lowest BCUT2D eigenvalue weighted by atomic mass is 9.95. The van der Waals surface area contributed by atoms with Crippen LogP contribution < -0.4 is 5.56 Å². The molecule has 1 N–H and O–H groups in total. The number of hydrogen-bond donors (Lipinski definition) is 1. The Morgan fingerprint density at radius 1 is 1.26 bits per heavy atom. The molecule has 11 heteroatoms. The van der Waals surface area contributed by atoms with Crippen LogP contribution in [0.25, 0.3) is 16.9 Å². The fourth-order valence-electron chi connectivity index (χ4n) is 4.71. The summed E-state index contributed by atoms with van der Waals surface area (Å²) in [5.74, 6) is -0.0403. The van der Waals surface area contributed by atoms with Gasteiger partial charge in [-0.2, -0.15) is 0 Å². The first-order chi connectivity index (χ1) is 18.2. The van der Waals surface area contributed by atoms with E-state index in [9.17, 15) is 9.18 Å². The van der Waals surface area contributed by atoms with Gasteiger partial charge in [0.1, 0.15) is 11.2 Å². The SMILES string of the molecule is C=CCn1c(=O)c2cnc(SC)nc2n1-c1cccc([C@@](C)(CC/C=C(\F)CO)O[Si](CC)(CC)CC)n1. The summed E-state index contributed by atoms with van der Waals surface area (Å²) in [4.78, 5) is 27.2. The van der Waals surface area contributed by atoms with E-state index in [-0.39, 0.29) is 12.1 Å². The van der Waals surface area contributed by atoms with Gasteiger partial charge in [0.15, 0.2) is 24.9 Å². The fourth-order valence-corrected chi connectivity index (χ4v) is 8.14. The van der Waals surface area contributed by atoms with Crippen LogP contribution in [0.4, 0.5) is 4.39 Å². The average molecular weight is 560 g/mol. The molecule has 206 valence electrons. The topological polar surface area (TPSA) is 95.1 Å². The van der Waals surface area contributed by atoms with Crippen LogP contribution in [0.15, 0.2) is 58.9 Å². The van der Waals surface area contributed by atoms with Crippen molar-refractivity contribution in [2.45, 2.75) is 76.0 Å². The highest BCUT2D eigenvalue weighted by Crippen LogP contribution is 2.37. The van der Waals surface area contributed by atoms with Gasteiger partial charge >= 0.3 is 0 Å². The van der Waals surface area contributed by atoms with Gasteiger partial charge in [-0.25, -0.2) is 28.7 Å². The number of thioether (sulfide) groups is 1. The van der Waals surface area contributed by atoms with Crippen molar-refractivity contribution in [3.63, 3.8) is 0 Å². The molecule has 0 aliphatic rings. The zero-order valence-electron chi connectivity index (χ0n) is 22.9. The third-order valence-electron chi connectivity index (χ3n) is 7.14. The van der Waals surface area contributed by atoms with E-state index in [0.717, 1.165) is 18.1 Å². The second-order valence-electron chi connectivity index (χ2n) is 9.39. The van der Waals surface area contributed by atoms with E-state index in [1.54, 1.807) is 21.6 Å². The normalized spacial score (nSPS) is 14.1. The fraction of sp³-hybridized carbons (Fsp3) is 0.481. The molecule has 0 fully saturated rings. The first kappa shape index (κ1) is 29.9. The molecule has 0 bridgehead atoms. The molecule has 3 heterocycles. The van der Waals surface area contributed by atoms with Gasteiger partial charge < -0.3 is 9.53 Å². The van der Waals surface area contributed by atoms with Gasteiger partial charge in [0, 0.05) is 6.20 Å². The lowest BCUT2D eigenvalue weighted by Crippen LogP contribution is -2.44. The van der Waals surface area contributed by atoms with E-state index in [1.807, 2.05) is 31.4 Å². The molecule has 38 heavy (non-hydrogen) atoms. The Bertz CT molecular complexity index is 1350. The average Bonchev–Trinajstić information content (AvgIpc) is 3.22. The van der Waals surface area contributed by atoms with Gasteiger partial charge in [-0.1, -0.05) is 50.8 Å². The van der Waals surface area contributed by atoms with E-state index < -0.39 is 26.4 Å². The summed E-state index contributed by atoms with van der Waals surface area (Å²) in [5.41, 5.74) is 0.134. The van der Waals surface area contributed by atoms with Crippen LogP contribution in [0.2, 0.25) is 18.1 Å². The van der Waals surface area contributed by atoms with Crippen LogP contribution >= 0.6 is 11.8 Å². The van der Waals surface area contributed by atoms with E-state index in [1.165, 1.54) is 17.8 Å². The number of allylic oxidation sites excluding steroid dienone is 2. The van der Waals surface area contributed by atoms with Gasteiger partial charge in [0.05, 0.1) is 24.4 Å². The van der Waals surface area contributed by atoms with Crippen LogP contribution in [0, 0.1) is 0 Å². The van der Waals surface area contributed by atoms with Crippen LogP contribution in [-0.2, 0) is 16.6 Å². The van der Waals surface area contributed by atoms with Crippen molar-refractivity contribution in [2.75, 3.05) is 12.9 Å². The summed E-state index contributed by atoms with van der Waals surface area (Å²) in [5, 5.41) is 10.1. The molecule has 0 spiro atoms. The van der Waals surface area contributed by atoms with E-state index in [4.69, 9.17) is 14.5 Å². The third kappa shape index (κ3) is 6.17. The Labute approximate surface area is 228 Å². The Kier molecular flexibility index (Phi) is 10.2. The maximum atomic E-state index is 13.8. The highest BCUT2D eigenvalue weighted by molar-refractivity contribution is 7.98. The quantitative estimate of drug-likeness (QED) is 0.116. The van der Waals surface area contributed by atoms with Crippen molar-refractivity contribution in [1.82, 2.24) is 24.3 Å². The van der Waals surface area contributed by atoms with Crippen LogP contribution in [-0.4, -0.2) is 50.6 Å². The monoisotopic (exact) mass is 559 g/mol. The third-order valence-corrected chi connectivity index (χ3v) is 12.5. The zero-order chi connectivity index (χ0) is 27.9. The molecule has 0 saturated carbocycles. The Morgan fingerprint density at radius 3 is 2.58 bits per heavy atom. The molecule has 3 aromatic rings. The largest absolute Gasteiger partial charge is 0.406 e. The molecule has 0 amide bonds. The summed E-state index contributed by atoms with van der Waals surface area (Å²) in [7, 11) is -2.10. The number of pyridine rings is 1.